The maximum Gasteiger partial charge on any atom is 0.270 e. The lowest BCUT2D eigenvalue weighted by Crippen LogP contribution is -2.61. The zero-order valence-electron chi connectivity index (χ0n) is 12.8. The first-order chi connectivity index (χ1) is 9.88. The van der Waals surface area contributed by atoms with Crippen LogP contribution >= 0.6 is 12.2 Å². The molecule has 1 aromatic rings. The second-order valence-corrected chi connectivity index (χ2v) is 6.14. The first kappa shape index (κ1) is 15.9. The van der Waals surface area contributed by atoms with Crippen molar-refractivity contribution in [3.05, 3.63) is 17.5 Å². The molecule has 1 fully saturated rings. The molecule has 1 saturated heterocycles. The van der Waals surface area contributed by atoms with Crippen LogP contribution in [0.25, 0.3) is 0 Å². The van der Waals surface area contributed by atoms with Crippen LogP contribution in [0.5, 0.6) is 0 Å². The van der Waals surface area contributed by atoms with Gasteiger partial charge in [-0.3, -0.25) is 9.48 Å². The lowest BCUT2D eigenvalue weighted by molar-refractivity contribution is 0.0880. The summed E-state index contributed by atoms with van der Waals surface area (Å²) in [6.45, 7) is 3.74. The molecular weight excluding hydrogens is 286 g/mol. The molecule has 1 aromatic heterocycles. The molecule has 0 aliphatic carbocycles. The van der Waals surface area contributed by atoms with Crippen molar-refractivity contribution < 1.29 is 4.79 Å². The van der Waals surface area contributed by atoms with Crippen LogP contribution in [0, 0.1) is 0 Å². The Kier molecular flexibility index (Phi) is 4.63. The van der Waals surface area contributed by atoms with Crippen LogP contribution < -0.4 is 11.1 Å². The SMILES string of the molecule is CCc1cc(C(=O)NC2(C(N)=S)CCN(C)CC2)n(C)n1. The third-order valence-corrected chi connectivity index (χ3v) is 4.58. The number of nitrogens with two attached hydrogens (primary N) is 1. The number of amides is 1. The molecule has 0 radical (unpaired) electrons. The molecule has 0 spiro atoms. The zero-order valence-corrected chi connectivity index (χ0v) is 13.7. The molecule has 3 N–H and O–H groups in total. The fourth-order valence-corrected chi connectivity index (χ4v) is 2.88. The number of carbonyl (C=O) groups is 1. The van der Waals surface area contributed by atoms with Gasteiger partial charge in [0.15, 0.2) is 0 Å². The van der Waals surface area contributed by atoms with E-state index in [1.807, 2.05) is 13.0 Å². The highest BCUT2D eigenvalue weighted by Gasteiger charge is 2.38. The standard InChI is InChI=1S/C14H23N5OS/c1-4-10-9-11(19(3)17-10)12(20)16-14(13(15)21)5-7-18(2)8-6-14/h9H,4-8H2,1-3H3,(H2,15,21)(H,16,20). The Bertz CT molecular complexity index is 546. The summed E-state index contributed by atoms with van der Waals surface area (Å²) >= 11 is 5.22. The largest absolute Gasteiger partial charge is 0.391 e. The average molecular weight is 309 g/mol. The van der Waals surface area contributed by atoms with Gasteiger partial charge in [-0.1, -0.05) is 19.1 Å². The van der Waals surface area contributed by atoms with Crippen molar-refractivity contribution in [1.29, 1.82) is 0 Å². The molecule has 2 heterocycles. The van der Waals surface area contributed by atoms with E-state index in [1.54, 1.807) is 11.7 Å². The van der Waals surface area contributed by atoms with Crippen molar-refractivity contribution in [2.24, 2.45) is 12.8 Å². The van der Waals surface area contributed by atoms with Gasteiger partial charge in [-0.25, -0.2) is 0 Å². The van der Waals surface area contributed by atoms with Crippen molar-refractivity contribution in [3.63, 3.8) is 0 Å². The minimum Gasteiger partial charge on any atom is -0.391 e. The van der Waals surface area contributed by atoms with Crippen LogP contribution in [-0.2, 0) is 13.5 Å². The number of carbonyl (C=O) groups excluding carboxylic acids is 1. The maximum absolute atomic E-state index is 12.6. The van der Waals surface area contributed by atoms with Gasteiger partial charge in [-0.15, -0.1) is 0 Å². The molecule has 6 nitrogen and oxygen atoms in total. The highest BCUT2D eigenvalue weighted by Crippen LogP contribution is 2.23. The van der Waals surface area contributed by atoms with E-state index in [0.29, 0.717) is 10.7 Å². The quantitative estimate of drug-likeness (QED) is 0.791. The highest BCUT2D eigenvalue weighted by atomic mass is 32.1. The van der Waals surface area contributed by atoms with Crippen LogP contribution in [0.2, 0.25) is 0 Å². The Morgan fingerprint density at radius 2 is 2.10 bits per heavy atom. The molecule has 1 aliphatic rings. The number of aromatic nitrogens is 2. The van der Waals surface area contributed by atoms with E-state index in [-0.39, 0.29) is 5.91 Å². The average Bonchev–Trinajstić information content (AvgIpc) is 2.82. The summed E-state index contributed by atoms with van der Waals surface area (Å²) in [5.74, 6) is -0.165. The van der Waals surface area contributed by atoms with Gasteiger partial charge < -0.3 is 16.0 Å². The van der Waals surface area contributed by atoms with Gasteiger partial charge in [0.25, 0.3) is 5.91 Å². The number of rotatable bonds is 4. The molecule has 0 atom stereocenters. The molecule has 2 rings (SSSR count). The molecule has 21 heavy (non-hydrogen) atoms. The van der Waals surface area contributed by atoms with Crippen LogP contribution in [0.4, 0.5) is 0 Å². The van der Waals surface area contributed by atoms with E-state index in [1.165, 1.54) is 0 Å². The molecule has 116 valence electrons. The molecule has 1 aliphatic heterocycles. The van der Waals surface area contributed by atoms with Gasteiger partial charge in [0.2, 0.25) is 0 Å². The van der Waals surface area contributed by atoms with Gasteiger partial charge in [-0.05, 0) is 32.4 Å². The molecule has 7 heteroatoms. The molecule has 0 unspecified atom stereocenters. The molecule has 1 amide bonds. The van der Waals surface area contributed by atoms with Crippen LogP contribution in [0.15, 0.2) is 6.07 Å². The van der Waals surface area contributed by atoms with Crippen molar-refractivity contribution in [3.8, 4) is 0 Å². The summed E-state index contributed by atoms with van der Waals surface area (Å²) in [5, 5.41) is 7.36. The number of thiocarbonyl (C=S) groups is 1. The third kappa shape index (κ3) is 3.24. The minimum absolute atomic E-state index is 0.165. The second-order valence-electron chi connectivity index (χ2n) is 5.70. The van der Waals surface area contributed by atoms with Gasteiger partial charge in [0.05, 0.1) is 16.2 Å². The first-order valence-electron chi connectivity index (χ1n) is 7.22. The number of hydrogen-bond acceptors (Lipinski definition) is 4. The summed E-state index contributed by atoms with van der Waals surface area (Å²) in [7, 11) is 3.83. The van der Waals surface area contributed by atoms with Crippen molar-refractivity contribution in [1.82, 2.24) is 20.0 Å². The molecule has 0 bridgehead atoms. The lowest BCUT2D eigenvalue weighted by atomic mass is 9.87. The van der Waals surface area contributed by atoms with E-state index in [9.17, 15) is 4.79 Å². The van der Waals surface area contributed by atoms with Crippen molar-refractivity contribution in [2.75, 3.05) is 20.1 Å². The van der Waals surface area contributed by atoms with Gasteiger partial charge in [0.1, 0.15) is 5.69 Å². The number of piperidine rings is 1. The smallest absolute Gasteiger partial charge is 0.270 e. The summed E-state index contributed by atoms with van der Waals surface area (Å²) in [6, 6.07) is 1.82. The predicted molar refractivity (Wildman–Crippen MR) is 86.3 cm³/mol. The molecular formula is C14H23N5OS. The Morgan fingerprint density at radius 3 is 2.57 bits per heavy atom. The molecule has 0 aromatic carbocycles. The number of nitrogens with one attached hydrogen (secondary N) is 1. The number of likely N-dealkylation sites (tertiary alicyclic amines) is 1. The van der Waals surface area contributed by atoms with Gasteiger partial charge >= 0.3 is 0 Å². The Labute approximate surface area is 130 Å². The van der Waals surface area contributed by atoms with Gasteiger partial charge in [-0.2, -0.15) is 5.10 Å². The Balaban J connectivity index is 2.19. The van der Waals surface area contributed by atoms with Crippen LogP contribution in [-0.4, -0.2) is 51.3 Å². The second kappa shape index (κ2) is 6.11. The normalized spacial score (nSPS) is 18.4. The number of hydrogen-bond donors (Lipinski definition) is 2. The van der Waals surface area contributed by atoms with E-state index in [4.69, 9.17) is 18.0 Å². The van der Waals surface area contributed by atoms with E-state index in [0.717, 1.165) is 38.0 Å². The topological polar surface area (TPSA) is 76.2 Å². The summed E-state index contributed by atoms with van der Waals surface area (Å²) in [5.41, 5.74) is 6.77. The van der Waals surface area contributed by atoms with Crippen molar-refractivity contribution in [2.45, 2.75) is 31.7 Å². The molecule has 0 saturated carbocycles. The maximum atomic E-state index is 12.6. The summed E-state index contributed by atoms with van der Waals surface area (Å²) in [6.07, 6.45) is 2.28. The van der Waals surface area contributed by atoms with E-state index < -0.39 is 5.54 Å². The van der Waals surface area contributed by atoms with Crippen molar-refractivity contribution >= 4 is 23.1 Å². The van der Waals surface area contributed by atoms with Gasteiger partial charge in [0, 0.05) is 20.1 Å². The number of nitrogens with zero attached hydrogens (tertiary/aromatic N) is 3. The Morgan fingerprint density at radius 1 is 1.48 bits per heavy atom. The lowest BCUT2D eigenvalue weighted by Gasteiger charge is -2.40. The van der Waals surface area contributed by atoms with Crippen LogP contribution in [0.3, 0.4) is 0 Å². The highest BCUT2D eigenvalue weighted by molar-refractivity contribution is 7.80. The third-order valence-electron chi connectivity index (χ3n) is 4.19. The van der Waals surface area contributed by atoms with Crippen LogP contribution in [0.1, 0.15) is 35.9 Å². The summed E-state index contributed by atoms with van der Waals surface area (Å²) < 4.78 is 1.61. The van der Waals surface area contributed by atoms with E-state index in [2.05, 4.69) is 22.4 Å². The predicted octanol–water partition coefficient (Wildman–Crippen LogP) is 0.463. The fourth-order valence-electron chi connectivity index (χ4n) is 2.63. The zero-order chi connectivity index (χ0) is 15.6. The first-order valence-corrected chi connectivity index (χ1v) is 7.62. The minimum atomic E-state index is -0.588. The number of aryl methyl sites for hydroxylation is 2. The van der Waals surface area contributed by atoms with E-state index >= 15 is 0 Å². The fraction of sp³-hybridized carbons (Fsp3) is 0.643. The monoisotopic (exact) mass is 309 g/mol. The summed E-state index contributed by atoms with van der Waals surface area (Å²) in [4.78, 5) is 15.1. The Hall–Kier alpha value is -1.47.